The van der Waals surface area contributed by atoms with Crippen LogP contribution in [0.15, 0.2) is 48.5 Å². The molecule has 1 aromatic heterocycles. The molecule has 2 aromatic carbocycles. The molecule has 6 nitrogen and oxygen atoms in total. The van der Waals surface area contributed by atoms with Crippen molar-refractivity contribution >= 4 is 11.7 Å². The molecule has 1 atom stereocenters. The van der Waals surface area contributed by atoms with E-state index in [2.05, 4.69) is 55.0 Å². The molecule has 1 fully saturated rings. The standard InChI is InChI=1S/C36H48FN3O3/c1-24-30(28-13-9-27(10-14-28)23-39(8)20-17-26-11-15-29(37)16-12-26)32(40-21-18-36(6,7)19-22-40)31(25(2)38-24)33(34(41)42)43-35(3,4)5/h9-16,33H,17-23H2,1-8H3,(H,41,42). The number of likely N-dealkylation sites (N-methyl/N-ethyl adjacent to an activating group) is 1. The fourth-order valence-electron chi connectivity index (χ4n) is 5.89. The summed E-state index contributed by atoms with van der Waals surface area (Å²) in [5, 5.41) is 10.4. The number of hydrogen-bond donors (Lipinski definition) is 1. The Kier molecular flexibility index (Phi) is 9.97. The number of nitrogens with zero attached hydrogens (tertiary/aromatic N) is 3. The Morgan fingerprint density at radius 1 is 1.02 bits per heavy atom. The molecule has 2 heterocycles. The van der Waals surface area contributed by atoms with Gasteiger partial charge < -0.3 is 19.6 Å². The minimum atomic E-state index is -1.13. The lowest BCUT2D eigenvalue weighted by molar-refractivity contribution is -0.160. The van der Waals surface area contributed by atoms with Crippen LogP contribution in [0.2, 0.25) is 0 Å². The molecule has 1 aliphatic rings. The normalized spacial score (nSPS) is 16.0. The van der Waals surface area contributed by atoms with Gasteiger partial charge in [0.2, 0.25) is 0 Å². The highest BCUT2D eigenvalue weighted by Gasteiger charge is 2.36. The zero-order chi connectivity index (χ0) is 31.5. The Balaban J connectivity index is 1.68. The summed E-state index contributed by atoms with van der Waals surface area (Å²) in [6, 6.07) is 15.2. The number of carboxylic acids is 1. The number of hydrogen-bond acceptors (Lipinski definition) is 5. The maximum absolute atomic E-state index is 13.2. The summed E-state index contributed by atoms with van der Waals surface area (Å²) in [5.74, 6) is -1.22. The van der Waals surface area contributed by atoms with Crippen molar-refractivity contribution in [2.45, 2.75) is 86.0 Å². The van der Waals surface area contributed by atoms with Gasteiger partial charge in [-0.1, -0.05) is 50.2 Å². The number of piperidine rings is 1. The van der Waals surface area contributed by atoms with Crippen LogP contribution in [-0.4, -0.2) is 53.2 Å². The van der Waals surface area contributed by atoms with E-state index in [1.54, 1.807) is 0 Å². The third-order valence-electron chi connectivity index (χ3n) is 8.36. The average Bonchev–Trinajstić information content (AvgIpc) is 2.91. The van der Waals surface area contributed by atoms with Crippen molar-refractivity contribution in [3.8, 4) is 11.1 Å². The van der Waals surface area contributed by atoms with E-state index in [0.29, 0.717) is 11.3 Å². The van der Waals surface area contributed by atoms with E-state index >= 15 is 0 Å². The minimum absolute atomic E-state index is 0.212. The molecule has 232 valence electrons. The molecule has 43 heavy (non-hydrogen) atoms. The molecule has 1 saturated heterocycles. The lowest BCUT2D eigenvalue weighted by Crippen LogP contribution is -2.39. The van der Waals surface area contributed by atoms with E-state index in [9.17, 15) is 14.3 Å². The summed E-state index contributed by atoms with van der Waals surface area (Å²) >= 11 is 0. The second kappa shape index (κ2) is 13.1. The molecule has 1 aliphatic heterocycles. The minimum Gasteiger partial charge on any atom is -0.479 e. The molecule has 0 saturated carbocycles. The van der Waals surface area contributed by atoms with E-state index in [-0.39, 0.29) is 11.2 Å². The number of carboxylic acid groups (broad SMARTS) is 1. The van der Waals surface area contributed by atoms with Gasteiger partial charge in [0, 0.05) is 48.7 Å². The second-order valence-electron chi connectivity index (χ2n) is 13.8. The maximum atomic E-state index is 13.2. The van der Waals surface area contributed by atoms with Crippen LogP contribution in [0.25, 0.3) is 11.1 Å². The SMILES string of the molecule is Cc1nc(C)c(C(OC(C)(C)C)C(=O)O)c(N2CCC(C)(C)CC2)c1-c1ccc(CN(C)CCc2ccc(F)cc2)cc1. The number of halogens is 1. The fraction of sp³-hybridized carbons (Fsp3) is 0.500. The quantitative estimate of drug-likeness (QED) is 0.261. The van der Waals surface area contributed by atoms with Gasteiger partial charge in [0.15, 0.2) is 6.10 Å². The number of rotatable bonds is 10. The molecule has 1 unspecified atom stereocenters. The molecular weight excluding hydrogens is 541 g/mol. The van der Waals surface area contributed by atoms with Crippen molar-refractivity contribution in [2.75, 3.05) is 31.6 Å². The smallest absolute Gasteiger partial charge is 0.337 e. The third kappa shape index (κ3) is 8.42. The van der Waals surface area contributed by atoms with E-state index in [1.165, 1.54) is 17.7 Å². The number of ether oxygens (including phenoxy) is 1. The highest BCUT2D eigenvalue weighted by molar-refractivity contribution is 5.88. The molecule has 0 spiro atoms. The van der Waals surface area contributed by atoms with E-state index < -0.39 is 17.7 Å². The van der Waals surface area contributed by atoms with Gasteiger partial charge in [0.05, 0.1) is 11.3 Å². The number of aromatic nitrogens is 1. The van der Waals surface area contributed by atoms with Crippen LogP contribution in [0.1, 0.15) is 81.6 Å². The number of carbonyl (C=O) groups is 1. The first-order chi connectivity index (χ1) is 20.1. The molecule has 7 heteroatoms. The Labute approximate surface area is 256 Å². The first kappa shape index (κ1) is 32.6. The van der Waals surface area contributed by atoms with Crippen LogP contribution < -0.4 is 4.90 Å². The maximum Gasteiger partial charge on any atom is 0.337 e. The average molecular weight is 590 g/mol. The predicted octanol–water partition coefficient (Wildman–Crippen LogP) is 7.75. The fourth-order valence-corrected chi connectivity index (χ4v) is 5.89. The van der Waals surface area contributed by atoms with E-state index in [0.717, 1.165) is 73.5 Å². The first-order valence-electron chi connectivity index (χ1n) is 15.3. The monoisotopic (exact) mass is 589 g/mol. The first-order valence-corrected chi connectivity index (χ1v) is 15.3. The van der Waals surface area contributed by atoms with Gasteiger partial charge in [-0.2, -0.15) is 0 Å². The number of aryl methyl sites for hydroxylation is 2. The zero-order valence-electron chi connectivity index (χ0n) is 27.1. The Morgan fingerprint density at radius 2 is 1.60 bits per heavy atom. The van der Waals surface area contributed by atoms with Crippen LogP contribution in [-0.2, 0) is 22.5 Å². The lowest BCUT2D eigenvalue weighted by Gasteiger charge is -2.41. The highest BCUT2D eigenvalue weighted by Crippen LogP contribution is 2.44. The van der Waals surface area contributed by atoms with Gasteiger partial charge in [-0.05, 0) is 95.2 Å². The highest BCUT2D eigenvalue weighted by atomic mass is 19.1. The number of benzene rings is 2. The Bertz CT molecular complexity index is 1400. The molecule has 4 rings (SSSR count). The van der Waals surface area contributed by atoms with E-state index in [4.69, 9.17) is 9.72 Å². The molecule has 0 aliphatic carbocycles. The summed E-state index contributed by atoms with van der Waals surface area (Å²) in [7, 11) is 2.09. The Morgan fingerprint density at radius 3 is 2.16 bits per heavy atom. The number of pyridine rings is 1. The van der Waals surface area contributed by atoms with E-state index in [1.807, 2.05) is 46.8 Å². The van der Waals surface area contributed by atoms with Crippen molar-refractivity contribution < 1.29 is 19.0 Å². The second-order valence-corrected chi connectivity index (χ2v) is 13.8. The van der Waals surface area contributed by atoms with Crippen molar-refractivity contribution in [1.29, 1.82) is 0 Å². The van der Waals surface area contributed by atoms with Crippen LogP contribution >= 0.6 is 0 Å². The molecular formula is C36H48FN3O3. The number of aliphatic carboxylic acids is 1. The summed E-state index contributed by atoms with van der Waals surface area (Å²) in [6.45, 7) is 17.5. The van der Waals surface area contributed by atoms with Crippen LogP contribution in [0, 0.1) is 25.1 Å². The molecule has 0 bridgehead atoms. The van der Waals surface area contributed by atoms with Gasteiger partial charge in [-0.15, -0.1) is 0 Å². The van der Waals surface area contributed by atoms with Gasteiger partial charge >= 0.3 is 5.97 Å². The van der Waals surface area contributed by atoms with Crippen LogP contribution in [0.5, 0.6) is 0 Å². The van der Waals surface area contributed by atoms with Crippen molar-refractivity contribution in [3.05, 3.63) is 82.4 Å². The zero-order valence-corrected chi connectivity index (χ0v) is 27.1. The van der Waals surface area contributed by atoms with Gasteiger partial charge in [-0.3, -0.25) is 4.98 Å². The predicted molar refractivity (Wildman–Crippen MR) is 172 cm³/mol. The Hall–Kier alpha value is -3.29. The summed E-state index contributed by atoms with van der Waals surface area (Å²) in [6.07, 6.45) is 1.76. The molecule has 0 amide bonds. The van der Waals surface area contributed by atoms with Crippen molar-refractivity contribution in [2.24, 2.45) is 5.41 Å². The topological polar surface area (TPSA) is 65.9 Å². The van der Waals surface area contributed by atoms with Gasteiger partial charge in [-0.25, -0.2) is 9.18 Å². The molecule has 0 radical (unpaired) electrons. The molecule has 3 aromatic rings. The van der Waals surface area contributed by atoms with Gasteiger partial charge in [0.25, 0.3) is 0 Å². The van der Waals surface area contributed by atoms with Crippen molar-refractivity contribution in [3.63, 3.8) is 0 Å². The summed E-state index contributed by atoms with van der Waals surface area (Å²) in [5.41, 5.74) is 7.04. The van der Waals surface area contributed by atoms with Crippen LogP contribution in [0.4, 0.5) is 10.1 Å². The largest absolute Gasteiger partial charge is 0.479 e. The number of anilines is 1. The van der Waals surface area contributed by atoms with Gasteiger partial charge in [0.1, 0.15) is 5.82 Å². The molecule has 1 N–H and O–H groups in total. The third-order valence-corrected chi connectivity index (χ3v) is 8.36. The summed E-state index contributed by atoms with van der Waals surface area (Å²) in [4.78, 5) is 22.2. The summed E-state index contributed by atoms with van der Waals surface area (Å²) < 4.78 is 19.4. The van der Waals surface area contributed by atoms with Crippen LogP contribution in [0.3, 0.4) is 0 Å². The van der Waals surface area contributed by atoms with Crippen molar-refractivity contribution in [1.82, 2.24) is 9.88 Å². The lowest BCUT2D eigenvalue weighted by atomic mass is 9.81.